The van der Waals surface area contributed by atoms with Crippen LogP contribution in [-0.4, -0.2) is 27.7 Å². The summed E-state index contributed by atoms with van der Waals surface area (Å²) in [7, 11) is 0. The van der Waals surface area contributed by atoms with E-state index < -0.39 is 0 Å². The van der Waals surface area contributed by atoms with E-state index in [1.54, 1.807) is 4.90 Å². The maximum Gasteiger partial charge on any atom is 0.410 e. The maximum atomic E-state index is 12.3. The minimum absolute atomic E-state index is 0.276. The van der Waals surface area contributed by atoms with Gasteiger partial charge in [0, 0.05) is 13.0 Å². The Bertz CT molecular complexity index is 686. The molecule has 2 heterocycles. The molecule has 0 spiro atoms. The fourth-order valence-corrected chi connectivity index (χ4v) is 2.59. The molecular formula is C18H21N3O2. The van der Waals surface area contributed by atoms with Gasteiger partial charge in [-0.15, -0.1) is 0 Å². The van der Waals surface area contributed by atoms with Gasteiger partial charge in [0.05, 0.1) is 17.9 Å². The third-order valence-electron chi connectivity index (χ3n) is 4.01. The van der Waals surface area contributed by atoms with Gasteiger partial charge < -0.3 is 9.64 Å². The highest BCUT2D eigenvalue weighted by Gasteiger charge is 2.23. The van der Waals surface area contributed by atoms with E-state index in [4.69, 9.17) is 4.74 Å². The zero-order valence-electron chi connectivity index (χ0n) is 13.5. The van der Waals surface area contributed by atoms with Gasteiger partial charge in [-0.1, -0.05) is 44.2 Å². The summed E-state index contributed by atoms with van der Waals surface area (Å²) in [5.74, 6) is 0.327. The van der Waals surface area contributed by atoms with Crippen LogP contribution in [0.5, 0.6) is 0 Å². The van der Waals surface area contributed by atoms with Crippen molar-refractivity contribution in [1.29, 1.82) is 0 Å². The van der Waals surface area contributed by atoms with E-state index in [1.807, 2.05) is 30.3 Å². The predicted molar refractivity (Wildman–Crippen MR) is 86.9 cm³/mol. The smallest absolute Gasteiger partial charge is 0.410 e. The van der Waals surface area contributed by atoms with Crippen molar-refractivity contribution in [2.75, 3.05) is 6.54 Å². The molecule has 1 aliphatic heterocycles. The topological polar surface area (TPSA) is 55.3 Å². The van der Waals surface area contributed by atoms with E-state index in [0.29, 0.717) is 25.6 Å². The molecule has 23 heavy (non-hydrogen) atoms. The average Bonchev–Trinajstić information content (AvgIpc) is 2.59. The quantitative estimate of drug-likeness (QED) is 0.873. The van der Waals surface area contributed by atoms with E-state index >= 15 is 0 Å². The molecule has 1 aromatic carbocycles. The van der Waals surface area contributed by atoms with E-state index in [9.17, 15) is 4.79 Å². The monoisotopic (exact) mass is 311 g/mol. The second-order valence-electron chi connectivity index (χ2n) is 6.11. The number of carbonyl (C=O) groups is 1. The lowest BCUT2D eigenvalue weighted by Crippen LogP contribution is -2.37. The van der Waals surface area contributed by atoms with Gasteiger partial charge in [-0.05, 0) is 23.1 Å². The molecule has 0 N–H and O–H groups in total. The molecular weight excluding hydrogens is 290 g/mol. The van der Waals surface area contributed by atoms with Crippen molar-refractivity contribution in [2.45, 2.75) is 39.3 Å². The molecule has 0 unspecified atom stereocenters. The van der Waals surface area contributed by atoms with Gasteiger partial charge in [-0.25, -0.2) is 4.79 Å². The summed E-state index contributed by atoms with van der Waals surface area (Å²) in [4.78, 5) is 14.0. The summed E-state index contributed by atoms with van der Waals surface area (Å²) in [5, 5.41) is 8.55. The van der Waals surface area contributed by atoms with Gasteiger partial charge in [-0.3, -0.25) is 0 Å². The number of rotatable bonds is 3. The van der Waals surface area contributed by atoms with Gasteiger partial charge in [0.1, 0.15) is 6.61 Å². The molecule has 0 saturated carbocycles. The van der Waals surface area contributed by atoms with Crippen molar-refractivity contribution < 1.29 is 9.53 Å². The van der Waals surface area contributed by atoms with Crippen LogP contribution in [0.4, 0.5) is 4.79 Å². The molecule has 0 fully saturated rings. The minimum Gasteiger partial charge on any atom is -0.445 e. The first-order chi connectivity index (χ1) is 11.1. The van der Waals surface area contributed by atoms with Crippen LogP contribution in [0.3, 0.4) is 0 Å². The lowest BCUT2D eigenvalue weighted by molar-refractivity contribution is 0.0915. The van der Waals surface area contributed by atoms with Crippen LogP contribution < -0.4 is 0 Å². The second-order valence-corrected chi connectivity index (χ2v) is 6.11. The van der Waals surface area contributed by atoms with Gasteiger partial charge in [-0.2, -0.15) is 10.2 Å². The Balaban J connectivity index is 1.64. The van der Waals surface area contributed by atoms with Crippen molar-refractivity contribution in [2.24, 2.45) is 0 Å². The van der Waals surface area contributed by atoms with Crippen molar-refractivity contribution in [3.8, 4) is 0 Å². The highest BCUT2D eigenvalue weighted by atomic mass is 16.6. The molecule has 0 bridgehead atoms. The number of nitrogens with zero attached hydrogens (tertiary/aromatic N) is 3. The van der Waals surface area contributed by atoms with Crippen LogP contribution in [-0.2, 0) is 24.3 Å². The Morgan fingerprint density at radius 2 is 2.04 bits per heavy atom. The van der Waals surface area contributed by atoms with Crippen LogP contribution in [0, 0.1) is 0 Å². The molecule has 1 aliphatic rings. The molecule has 0 aliphatic carbocycles. The Kier molecular flexibility index (Phi) is 4.55. The number of benzene rings is 1. The van der Waals surface area contributed by atoms with Gasteiger partial charge >= 0.3 is 6.09 Å². The average molecular weight is 311 g/mol. The maximum absolute atomic E-state index is 12.3. The van der Waals surface area contributed by atoms with Gasteiger partial charge in [0.15, 0.2) is 0 Å². The highest BCUT2D eigenvalue weighted by Crippen LogP contribution is 2.21. The number of hydrogen-bond donors (Lipinski definition) is 0. The first kappa shape index (κ1) is 15.5. The number of amides is 1. The highest BCUT2D eigenvalue weighted by molar-refractivity contribution is 5.68. The number of aromatic nitrogens is 2. The van der Waals surface area contributed by atoms with Crippen molar-refractivity contribution in [1.82, 2.24) is 15.1 Å². The number of ether oxygens (including phenoxy) is 1. The summed E-state index contributed by atoms with van der Waals surface area (Å²) < 4.78 is 5.41. The molecule has 5 heteroatoms. The third-order valence-corrected chi connectivity index (χ3v) is 4.01. The molecule has 1 aromatic heterocycles. The molecule has 2 aromatic rings. The number of fused-ring (bicyclic) bond motifs is 1. The predicted octanol–water partition coefficient (Wildman–Crippen LogP) is 3.29. The van der Waals surface area contributed by atoms with E-state index in [0.717, 1.165) is 28.9 Å². The van der Waals surface area contributed by atoms with Crippen LogP contribution in [0.1, 0.15) is 42.3 Å². The van der Waals surface area contributed by atoms with E-state index in [-0.39, 0.29) is 6.09 Å². The minimum atomic E-state index is -0.276. The Morgan fingerprint density at radius 3 is 2.78 bits per heavy atom. The fraction of sp³-hybridized carbons (Fsp3) is 0.389. The molecule has 0 radical (unpaired) electrons. The van der Waals surface area contributed by atoms with Crippen LogP contribution in [0.25, 0.3) is 0 Å². The Labute approximate surface area is 136 Å². The summed E-state index contributed by atoms with van der Waals surface area (Å²) in [6, 6.07) is 11.8. The van der Waals surface area contributed by atoms with Crippen molar-refractivity contribution in [3.63, 3.8) is 0 Å². The lowest BCUT2D eigenvalue weighted by atomic mass is 10.0. The largest absolute Gasteiger partial charge is 0.445 e. The number of carbonyl (C=O) groups excluding carboxylic acids is 1. The third kappa shape index (κ3) is 3.67. The van der Waals surface area contributed by atoms with Gasteiger partial charge in [0.25, 0.3) is 0 Å². The second kappa shape index (κ2) is 6.77. The molecule has 1 amide bonds. The summed E-state index contributed by atoms with van der Waals surface area (Å²) in [5.41, 5.74) is 4.02. The first-order valence-electron chi connectivity index (χ1n) is 7.94. The first-order valence-corrected chi connectivity index (χ1v) is 7.94. The fourth-order valence-electron chi connectivity index (χ4n) is 2.59. The van der Waals surface area contributed by atoms with E-state index in [1.165, 1.54) is 0 Å². The van der Waals surface area contributed by atoms with E-state index in [2.05, 4.69) is 30.1 Å². The SMILES string of the molecule is CC(C)c1cc2c(nn1)CCN(C(=O)OCc1ccccc1)C2. The normalized spacial score (nSPS) is 13.8. The Hall–Kier alpha value is -2.43. The molecule has 5 nitrogen and oxygen atoms in total. The molecule has 0 atom stereocenters. The summed E-state index contributed by atoms with van der Waals surface area (Å²) in [6.07, 6.45) is 0.448. The van der Waals surface area contributed by atoms with Crippen LogP contribution in [0.15, 0.2) is 36.4 Å². The zero-order chi connectivity index (χ0) is 16.2. The van der Waals surface area contributed by atoms with Crippen LogP contribution >= 0.6 is 0 Å². The van der Waals surface area contributed by atoms with Crippen molar-refractivity contribution >= 4 is 6.09 Å². The standard InChI is InChI=1S/C18H21N3O2/c1-13(2)17-10-15-11-21(9-8-16(15)19-20-17)18(22)23-12-14-6-4-3-5-7-14/h3-7,10,13H,8-9,11-12H2,1-2H3. The molecule has 3 rings (SSSR count). The molecule has 120 valence electrons. The lowest BCUT2D eigenvalue weighted by Gasteiger charge is -2.27. The molecule has 0 saturated heterocycles. The zero-order valence-corrected chi connectivity index (χ0v) is 13.5. The Morgan fingerprint density at radius 1 is 1.26 bits per heavy atom. The van der Waals surface area contributed by atoms with Gasteiger partial charge in [0.2, 0.25) is 0 Å². The van der Waals surface area contributed by atoms with Crippen LogP contribution in [0.2, 0.25) is 0 Å². The van der Waals surface area contributed by atoms with Crippen molar-refractivity contribution in [3.05, 3.63) is 58.9 Å². The summed E-state index contributed by atoms with van der Waals surface area (Å²) >= 11 is 0. The number of hydrogen-bond acceptors (Lipinski definition) is 4. The summed E-state index contributed by atoms with van der Waals surface area (Å²) in [6.45, 7) is 5.64.